The van der Waals surface area contributed by atoms with E-state index in [9.17, 15) is 4.39 Å². The predicted molar refractivity (Wildman–Crippen MR) is 57.5 cm³/mol. The van der Waals surface area contributed by atoms with E-state index in [1.807, 2.05) is 26.8 Å². The molecule has 76 valence electrons. The summed E-state index contributed by atoms with van der Waals surface area (Å²) in [6.45, 7) is 5.83. The smallest absolute Gasteiger partial charge is 0.128 e. The third-order valence-electron chi connectivity index (χ3n) is 2.02. The van der Waals surface area contributed by atoms with Gasteiger partial charge in [0.25, 0.3) is 0 Å². The summed E-state index contributed by atoms with van der Waals surface area (Å²) in [6, 6.07) is 4.65. The molecule has 1 nitrogen and oxygen atoms in total. The number of halogens is 1. The maximum absolute atomic E-state index is 13.4. The van der Waals surface area contributed by atoms with Crippen LogP contribution in [0.4, 0.5) is 4.39 Å². The summed E-state index contributed by atoms with van der Waals surface area (Å²) in [6.07, 6.45) is 1.86. The van der Waals surface area contributed by atoms with Crippen LogP contribution in [-0.2, 0) is 0 Å². The van der Waals surface area contributed by atoms with Gasteiger partial charge in [0.1, 0.15) is 5.82 Å². The molecule has 0 aromatic heterocycles. The molecule has 1 atom stereocenters. The molecule has 1 unspecified atom stereocenters. The lowest BCUT2D eigenvalue weighted by Gasteiger charge is -2.10. The minimum atomic E-state index is -0.347. The van der Waals surface area contributed by atoms with Crippen LogP contribution in [-0.4, -0.2) is 0 Å². The Bertz CT molecular complexity index is 351. The van der Waals surface area contributed by atoms with Crippen molar-refractivity contribution in [1.82, 2.24) is 0 Å². The first-order chi connectivity index (χ1) is 6.50. The maximum Gasteiger partial charge on any atom is 0.128 e. The van der Waals surface area contributed by atoms with Gasteiger partial charge in [-0.2, -0.15) is 0 Å². The normalized spacial score (nSPS) is 12.4. The molecule has 0 aliphatic rings. The van der Waals surface area contributed by atoms with E-state index in [0.717, 1.165) is 11.1 Å². The van der Waals surface area contributed by atoms with Crippen molar-refractivity contribution >= 4 is 0 Å². The van der Waals surface area contributed by atoms with Gasteiger partial charge in [0, 0.05) is 5.56 Å². The van der Waals surface area contributed by atoms with E-state index >= 15 is 0 Å². The van der Waals surface area contributed by atoms with E-state index < -0.39 is 0 Å². The Balaban J connectivity index is 3.05. The highest BCUT2D eigenvalue weighted by Crippen LogP contribution is 2.18. The fourth-order valence-electron chi connectivity index (χ4n) is 1.37. The van der Waals surface area contributed by atoms with E-state index in [4.69, 9.17) is 5.73 Å². The van der Waals surface area contributed by atoms with Crippen molar-refractivity contribution in [1.29, 1.82) is 0 Å². The number of rotatable bonds is 2. The third kappa shape index (κ3) is 2.67. The first-order valence-electron chi connectivity index (χ1n) is 4.67. The quantitative estimate of drug-likeness (QED) is 0.717. The van der Waals surface area contributed by atoms with E-state index in [1.54, 1.807) is 12.1 Å². The van der Waals surface area contributed by atoms with Crippen LogP contribution < -0.4 is 5.73 Å². The Kier molecular flexibility index (Phi) is 3.42. The summed E-state index contributed by atoms with van der Waals surface area (Å²) < 4.78 is 13.4. The molecule has 0 fully saturated rings. The van der Waals surface area contributed by atoms with Crippen molar-refractivity contribution in [2.45, 2.75) is 26.8 Å². The predicted octanol–water partition coefficient (Wildman–Crippen LogP) is 3.10. The molecular formula is C12H16FN. The second kappa shape index (κ2) is 4.38. The van der Waals surface area contributed by atoms with Crippen molar-refractivity contribution in [2.24, 2.45) is 5.73 Å². The topological polar surface area (TPSA) is 26.0 Å². The molecule has 2 heteroatoms. The number of nitrogens with two attached hydrogens (primary N) is 1. The highest BCUT2D eigenvalue weighted by atomic mass is 19.1. The van der Waals surface area contributed by atoms with Crippen molar-refractivity contribution in [3.63, 3.8) is 0 Å². The molecule has 0 aliphatic carbocycles. The zero-order valence-electron chi connectivity index (χ0n) is 8.84. The SMILES string of the molecule is CC(C)=CC(N)c1cc(C)ccc1F. The lowest BCUT2D eigenvalue weighted by atomic mass is 10.0. The number of aryl methyl sites for hydroxylation is 1. The van der Waals surface area contributed by atoms with E-state index in [0.29, 0.717) is 5.56 Å². The molecule has 1 aromatic carbocycles. The molecule has 0 radical (unpaired) electrons. The molecule has 14 heavy (non-hydrogen) atoms. The lowest BCUT2D eigenvalue weighted by Crippen LogP contribution is -2.09. The fraction of sp³-hybridized carbons (Fsp3) is 0.333. The first kappa shape index (κ1) is 10.9. The summed E-state index contributed by atoms with van der Waals surface area (Å²) >= 11 is 0. The minimum Gasteiger partial charge on any atom is -0.321 e. The van der Waals surface area contributed by atoms with Gasteiger partial charge in [-0.3, -0.25) is 0 Å². The Hall–Kier alpha value is -1.15. The van der Waals surface area contributed by atoms with Crippen LogP contribution in [0.3, 0.4) is 0 Å². The van der Waals surface area contributed by atoms with E-state index in [-0.39, 0.29) is 11.9 Å². The fourth-order valence-corrected chi connectivity index (χ4v) is 1.37. The maximum atomic E-state index is 13.4. The first-order valence-corrected chi connectivity index (χ1v) is 4.67. The third-order valence-corrected chi connectivity index (χ3v) is 2.02. The largest absolute Gasteiger partial charge is 0.321 e. The molecule has 1 aromatic rings. The Morgan fingerprint density at radius 2 is 2.07 bits per heavy atom. The number of allylic oxidation sites excluding steroid dienone is 1. The van der Waals surface area contributed by atoms with Gasteiger partial charge in [-0.25, -0.2) is 4.39 Å². The molecule has 0 aliphatic heterocycles. The van der Waals surface area contributed by atoms with Crippen LogP contribution in [0.1, 0.15) is 31.0 Å². The zero-order chi connectivity index (χ0) is 10.7. The van der Waals surface area contributed by atoms with Gasteiger partial charge in [-0.15, -0.1) is 0 Å². The van der Waals surface area contributed by atoms with Crippen LogP contribution >= 0.6 is 0 Å². The Labute approximate surface area is 84.4 Å². The molecule has 0 spiro atoms. The highest BCUT2D eigenvalue weighted by Gasteiger charge is 2.08. The van der Waals surface area contributed by atoms with Gasteiger partial charge in [0.05, 0.1) is 6.04 Å². The van der Waals surface area contributed by atoms with Gasteiger partial charge in [-0.1, -0.05) is 29.3 Å². The summed E-state index contributed by atoms with van der Waals surface area (Å²) in [5, 5.41) is 0. The van der Waals surface area contributed by atoms with E-state index in [2.05, 4.69) is 0 Å². The zero-order valence-corrected chi connectivity index (χ0v) is 8.84. The molecule has 0 saturated heterocycles. The second-order valence-corrected chi connectivity index (χ2v) is 3.79. The Morgan fingerprint density at radius 1 is 1.43 bits per heavy atom. The number of hydrogen-bond acceptors (Lipinski definition) is 1. The van der Waals surface area contributed by atoms with Crippen molar-refractivity contribution < 1.29 is 4.39 Å². The number of hydrogen-bond donors (Lipinski definition) is 1. The highest BCUT2D eigenvalue weighted by molar-refractivity contribution is 5.29. The van der Waals surface area contributed by atoms with Crippen LogP contribution in [0.15, 0.2) is 29.8 Å². The van der Waals surface area contributed by atoms with Crippen LogP contribution in [0.5, 0.6) is 0 Å². The van der Waals surface area contributed by atoms with Crippen molar-refractivity contribution in [2.75, 3.05) is 0 Å². The molecule has 0 saturated carbocycles. The molecule has 1 rings (SSSR count). The summed E-state index contributed by atoms with van der Waals surface area (Å²) in [5.74, 6) is -0.236. The molecule has 0 bridgehead atoms. The summed E-state index contributed by atoms with van der Waals surface area (Å²) in [7, 11) is 0. The minimum absolute atomic E-state index is 0.236. The standard InChI is InChI=1S/C12H16FN/c1-8(2)6-12(14)10-7-9(3)4-5-11(10)13/h4-7,12H,14H2,1-3H3. The van der Waals surface area contributed by atoms with Gasteiger partial charge in [0.2, 0.25) is 0 Å². The van der Waals surface area contributed by atoms with Gasteiger partial charge < -0.3 is 5.73 Å². The summed E-state index contributed by atoms with van der Waals surface area (Å²) in [4.78, 5) is 0. The van der Waals surface area contributed by atoms with Crippen LogP contribution in [0.2, 0.25) is 0 Å². The van der Waals surface area contributed by atoms with Crippen molar-refractivity contribution in [3.8, 4) is 0 Å². The molecule has 0 amide bonds. The monoisotopic (exact) mass is 193 g/mol. The van der Waals surface area contributed by atoms with Gasteiger partial charge in [-0.05, 0) is 26.8 Å². The average molecular weight is 193 g/mol. The van der Waals surface area contributed by atoms with Gasteiger partial charge >= 0.3 is 0 Å². The Morgan fingerprint density at radius 3 is 2.64 bits per heavy atom. The average Bonchev–Trinajstić information content (AvgIpc) is 2.08. The van der Waals surface area contributed by atoms with Crippen LogP contribution in [0.25, 0.3) is 0 Å². The molecule has 0 heterocycles. The van der Waals surface area contributed by atoms with Crippen molar-refractivity contribution in [3.05, 3.63) is 46.8 Å². The second-order valence-electron chi connectivity index (χ2n) is 3.79. The van der Waals surface area contributed by atoms with E-state index in [1.165, 1.54) is 6.07 Å². The molecule has 2 N–H and O–H groups in total. The number of benzene rings is 1. The summed E-state index contributed by atoms with van der Waals surface area (Å²) in [5.41, 5.74) is 8.53. The van der Waals surface area contributed by atoms with Crippen LogP contribution in [0, 0.1) is 12.7 Å². The lowest BCUT2D eigenvalue weighted by molar-refractivity contribution is 0.601. The molecular weight excluding hydrogens is 177 g/mol. The van der Waals surface area contributed by atoms with Gasteiger partial charge in [0.15, 0.2) is 0 Å².